The molecule has 1 unspecified atom stereocenters. The van der Waals surface area contributed by atoms with Crippen LogP contribution in [0, 0.1) is 0 Å². The van der Waals surface area contributed by atoms with E-state index in [-0.39, 0.29) is 0 Å². The Morgan fingerprint density at radius 2 is 1.95 bits per heavy atom. The maximum Gasteiger partial charge on any atom is 0.375 e. The van der Waals surface area contributed by atoms with E-state index in [1.807, 2.05) is 24.3 Å². The van der Waals surface area contributed by atoms with Crippen molar-refractivity contribution in [3.8, 4) is 0 Å². The molecular formula is C15H20O5. The SMILES string of the molecule is COOC(=O)C(OC)c1ccccc1C1CCOCC1. The summed E-state index contributed by atoms with van der Waals surface area (Å²) in [5.41, 5.74) is 1.96. The number of rotatable bonds is 5. The second-order valence-electron chi connectivity index (χ2n) is 4.70. The molecule has 0 spiro atoms. The fourth-order valence-electron chi connectivity index (χ4n) is 2.61. The molecule has 1 atom stereocenters. The second kappa shape index (κ2) is 7.38. The Balaban J connectivity index is 2.27. The predicted molar refractivity (Wildman–Crippen MR) is 72.1 cm³/mol. The van der Waals surface area contributed by atoms with Crippen molar-refractivity contribution in [3.05, 3.63) is 35.4 Å². The Bertz CT molecular complexity index is 440. The van der Waals surface area contributed by atoms with E-state index in [1.165, 1.54) is 14.2 Å². The van der Waals surface area contributed by atoms with Crippen LogP contribution in [0.3, 0.4) is 0 Å². The molecule has 1 saturated heterocycles. The van der Waals surface area contributed by atoms with Crippen molar-refractivity contribution in [1.29, 1.82) is 0 Å². The first-order chi connectivity index (χ1) is 9.77. The second-order valence-corrected chi connectivity index (χ2v) is 4.70. The van der Waals surface area contributed by atoms with Crippen LogP contribution in [0.15, 0.2) is 24.3 Å². The van der Waals surface area contributed by atoms with Crippen LogP contribution >= 0.6 is 0 Å². The predicted octanol–water partition coefficient (Wildman–Crippen LogP) is 2.37. The Morgan fingerprint density at radius 3 is 2.60 bits per heavy atom. The summed E-state index contributed by atoms with van der Waals surface area (Å²) >= 11 is 0. The Labute approximate surface area is 118 Å². The third kappa shape index (κ3) is 3.36. The van der Waals surface area contributed by atoms with E-state index >= 15 is 0 Å². The van der Waals surface area contributed by atoms with Crippen LogP contribution in [0.4, 0.5) is 0 Å². The minimum absolute atomic E-state index is 0.382. The molecule has 0 radical (unpaired) electrons. The van der Waals surface area contributed by atoms with Crippen LogP contribution in [0.25, 0.3) is 0 Å². The first-order valence-electron chi connectivity index (χ1n) is 6.71. The number of benzene rings is 1. The van der Waals surface area contributed by atoms with Gasteiger partial charge in [0.25, 0.3) is 0 Å². The van der Waals surface area contributed by atoms with Crippen LogP contribution in [0.2, 0.25) is 0 Å². The largest absolute Gasteiger partial charge is 0.381 e. The van der Waals surface area contributed by atoms with E-state index in [4.69, 9.17) is 9.47 Å². The summed E-state index contributed by atoms with van der Waals surface area (Å²) in [7, 11) is 2.79. The number of ether oxygens (including phenoxy) is 2. The molecule has 110 valence electrons. The average molecular weight is 280 g/mol. The third-order valence-corrected chi connectivity index (χ3v) is 3.55. The lowest BCUT2D eigenvalue weighted by molar-refractivity contribution is -0.263. The van der Waals surface area contributed by atoms with Gasteiger partial charge in [-0.25, -0.2) is 4.79 Å². The van der Waals surface area contributed by atoms with Gasteiger partial charge in [0.15, 0.2) is 6.10 Å². The van der Waals surface area contributed by atoms with Gasteiger partial charge in [0.05, 0.1) is 7.11 Å². The standard InChI is InChI=1S/C15H20O5/c1-17-14(15(16)20-18-2)13-6-4-3-5-12(13)11-7-9-19-10-8-11/h3-6,11,14H,7-10H2,1-2H3. The van der Waals surface area contributed by atoms with Crippen molar-refractivity contribution in [2.24, 2.45) is 0 Å². The molecule has 0 saturated carbocycles. The lowest BCUT2D eigenvalue weighted by atomic mass is 9.86. The van der Waals surface area contributed by atoms with E-state index in [0.717, 1.165) is 37.2 Å². The molecule has 2 rings (SSSR count). The third-order valence-electron chi connectivity index (χ3n) is 3.55. The summed E-state index contributed by atoms with van der Waals surface area (Å²) < 4.78 is 10.7. The first-order valence-corrected chi connectivity index (χ1v) is 6.71. The number of hydrogen-bond acceptors (Lipinski definition) is 5. The minimum Gasteiger partial charge on any atom is -0.381 e. The van der Waals surface area contributed by atoms with Crippen LogP contribution in [0.1, 0.15) is 36.0 Å². The zero-order chi connectivity index (χ0) is 14.4. The molecule has 1 aromatic carbocycles. The lowest BCUT2D eigenvalue weighted by Crippen LogP contribution is -2.21. The molecule has 1 heterocycles. The van der Waals surface area contributed by atoms with Crippen LogP contribution < -0.4 is 0 Å². The Morgan fingerprint density at radius 1 is 1.25 bits per heavy atom. The van der Waals surface area contributed by atoms with Crippen LogP contribution in [0.5, 0.6) is 0 Å². The summed E-state index contributed by atoms with van der Waals surface area (Å²) in [4.78, 5) is 21.0. The Hall–Kier alpha value is -1.43. The summed E-state index contributed by atoms with van der Waals surface area (Å²) in [6, 6.07) is 7.81. The van der Waals surface area contributed by atoms with Crippen molar-refractivity contribution in [2.75, 3.05) is 27.4 Å². The lowest BCUT2D eigenvalue weighted by Gasteiger charge is -2.26. The molecule has 0 amide bonds. The summed E-state index contributed by atoms with van der Waals surface area (Å²) in [5, 5.41) is 0. The van der Waals surface area contributed by atoms with Gasteiger partial charge in [-0.2, -0.15) is 4.89 Å². The highest BCUT2D eigenvalue weighted by Gasteiger charge is 2.28. The van der Waals surface area contributed by atoms with E-state index in [9.17, 15) is 4.79 Å². The topological polar surface area (TPSA) is 54.0 Å². The van der Waals surface area contributed by atoms with Crippen molar-refractivity contribution in [3.63, 3.8) is 0 Å². The summed E-state index contributed by atoms with van der Waals surface area (Å²) in [6.45, 7) is 1.50. The van der Waals surface area contributed by atoms with Gasteiger partial charge in [-0.1, -0.05) is 24.3 Å². The number of methoxy groups -OCH3 is 1. The minimum atomic E-state index is -0.769. The van der Waals surface area contributed by atoms with E-state index in [0.29, 0.717) is 5.92 Å². The van der Waals surface area contributed by atoms with Gasteiger partial charge in [0.2, 0.25) is 0 Å². The maximum atomic E-state index is 11.9. The molecule has 0 aliphatic carbocycles. The van der Waals surface area contributed by atoms with Gasteiger partial charge in [0.1, 0.15) is 0 Å². The van der Waals surface area contributed by atoms with Crippen LogP contribution in [-0.2, 0) is 24.0 Å². The number of carbonyl (C=O) groups excluding carboxylic acids is 1. The highest BCUT2D eigenvalue weighted by atomic mass is 17.2. The highest BCUT2D eigenvalue weighted by molar-refractivity contribution is 5.76. The monoisotopic (exact) mass is 280 g/mol. The summed E-state index contributed by atoms with van der Waals surface area (Å²) in [5.74, 6) is -0.164. The zero-order valence-corrected chi connectivity index (χ0v) is 11.8. The smallest absolute Gasteiger partial charge is 0.375 e. The normalized spacial score (nSPS) is 17.7. The van der Waals surface area contributed by atoms with E-state index in [2.05, 4.69) is 9.78 Å². The van der Waals surface area contributed by atoms with Crippen molar-refractivity contribution in [2.45, 2.75) is 24.9 Å². The molecule has 0 N–H and O–H groups in total. The van der Waals surface area contributed by atoms with Gasteiger partial charge in [-0.3, -0.25) is 4.89 Å². The van der Waals surface area contributed by atoms with Crippen molar-refractivity contribution < 1.29 is 24.0 Å². The average Bonchev–Trinajstić information content (AvgIpc) is 2.50. The van der Waals surface area contributed by atoms with Crippen LogP contribution in [-0.4, -0.2) is 33.4 Å². The molecule has 0 aromatic heterocycles. The molecule has 5 nitrogen and oxygen atoms in total. The molecule has 1 aromatic rings. The maximum absolute atomic E-state index is 11.9. The molecule has 1 aliphatic rings. The highest BCUT2D eigenvalue weighted by Crippen LogP contribution is 2.33. The fourth-order valence-corrected chi connectivity index (χ4v) is 2.61. The quantitative estimate of drug-likeness (QED) is 0.612. The van der Waals surface area contributed by atoms with E-state index in [1.54, 1.807) is 0 Å². The van der Waals surface area contributed by atoms with E-state index < -0.39 is 12.1 Å². The molecule has 0 bridgehead atoms. The fraction of sp³-hybridized carbons (Fsp3) is 0.533. The van der Waals surface area contributed by atoms with Gasteiger partial charge in [-0.15, -0.1) is 0 Å². The summed E-state index contributed by atoms with van der Waals surface area (Å²) in [6.07, 6.45) is 1.13. The van der Waals surface area contributed by atoms with Crippen molar-refractivity contribution in [1.82, 2.24) is 0 Å². The van der Waals surface area contributed by atoms with Gasteiger partial charge < -0.3 is 9.47 Å². The molecule has 1 fully saturated rings. The molecule has 1 aliphatic heterocycles. The van der Waals surface area contributed by atoms with Gasteiger partial charge in [0, 0.05) is 20.3 Å². The molecule has 20 heavy (non-hydrogen) atoms. The number of carbonyl (C=O) groups is 1. The Kier molecular flexibility index (Phi) is 5.52. The van der Waals surface area contributed by atoms with Gasteiger partial charge >= 0.3 is 5.97 Å². The first kappa shape index (κ1) is 15.0. The molecular weight excluding hydrogens is 260 g/mol. The molecule has 5 heteroatoms. The number of hydrogen-bond donors (Lipinski definition) is 0. The van der Waals surface area contributed by atoms with Gasteiger partial charge in [-0.05, 0) is 29.9 Å². The van der Waals surface area contributed by atoms with Crippen molar-refractivity contribution >= 4 is 5.97 Å². The zero-order valence-electron chi connectivity index (χ0n) is 11.8.